The van der Waals surface area contributed by atoms with E-state index < -0.39 is 0 Å². The molecule has 0 unspecified atom stereocenters. The standard InChI is InChI=1S/C15H20N2O2.ClH/c18-12-3-1-2-10(8-12)4-7-15(19)17-14-9-11-5-6-13(14)16-11;/h1-3,8,11,13-14,16,18H,4-7,9H2,(H,17,19);1H/t11-,13+,14+;/m1./s1. The second-order valence-corrected chi connectivity index (χ2v) is 5.63. The number of aryl methyl sites for hydroxylation is 1. The van der Waals surface area contributed by atoms with Crippen LogP contribution in [0.4, 0.5) is 0 Å². The number of fused-ring (bicyclic) bond motifs is 2. The number of nitrogens with one attached hydrogen (secondary N) is 2. The van der Waals surface area contributed by atoms with Crippen LogP contribution in [0.1, 0.15) is 31.2 Å². The lowest BCUT2D eigenvalue weighted by Crippen LogP contribution is -2.42. The van der Waals surface area contributed by atoms with Crippen molar-refractivity contribution in [2.24, 2.45) is 0 Å². The lowest BCUT2D eigenvalue weighted by Gasteiger charge is -2.21. The van der Waals surface area contributed by atoms with Gasteiger partial charge in [-0.25, -0.2) is 0 Å². The normalized spacial score (nSPS) is 27.1. The average molecular weight is 297 g/mol. The Hall–Kier alpha value is -1.26. The van der Waals surface area contributed by atoms with E-state index >= 15 is 0 Å². The molecular formula is C15H21ClN2O2. The molecule has 1 aromatic rings. The summed E-state index contributed by atoms with van der Waals surface area (Å²) in [6, 6.07) is 8.51. The molecule has 110 valence electrons. The van der Waals surface area contributed by atoms with Crippen LogP contribution in [0, 0.1) is 0 Å². The number of carbonyl (C=O) groups excluding carboxylic acids is 1. The van der Waals surface area contributed by atoms with Crippen molar-refractivity contribution in [2.45, 2.75) is 50.2 Å². The minimum Gasteiger partial charge on any atom is -0.508 e. The van der Waals surface area contributed by atoms with E-state index in [1.165, 1.54) is 12.8 Å². The van der Waals surface area contributed by atoms with Gasteiger partial charge in [-0.3, -0.25) is 4.79 Å². The minimum absolute atomic E-state index is 0. The third-order valence-electron chi connectivity index (χ3n) is 4.20. The van der Waals surface area contributed by atoms with Crippen LogP contribution < -0.4 is 10.6 Å². The number of benzene rings is 1. The first-order valence-electron chi connectivity index (χ1n) is 7.04. The van der Waals surface area contributed by atoms with E-state index in [4.69, 9.17) is 0 Å². The fourth-order valence-electron chi connectivity index (χ4n) is 3.23. The highest BCUT2D eigenvalue weighted by atomic mass is 35.5. The Kier molecular flexibility index (Phi) is 4.89. The van der Waals surface area contributed by atoms with Crippen LogP contribution in [0.25, 0.3) is 0 Å². The van der Waals surface area contributed by atoms with E-state index in [1.807, 2.05) is 12.1 Å². The maximum atomic E-state index is 11.9. The Labute approximate surface area is 125 Å². The second-order valence-electron chi connectivity index (χ2n) is 5.63. The van der Waals surface area contributed by atoms with Gasteiger partial charge in [-0.2, -0.15) is 0 Å². The zero-order chi connectivity index (χ0) is 13.2. The third-order valence-corrected chi connectivity index (χ3v) is 4.20. The van der Waals surface area contributed by atoms with Crippen molar-refractivity contribution >= 4 is 18.3 Å². The number of phenols is 1. The molecule has 3 N–H and O–H groups in total. The molecule has 2 aliphatic rings. The van der Waals surface area contributed by atoms with Gasteiger partial charge in [-0.1, -0.05) is 12.1 Å². The number of amides is 1. The molecule has 1 aromatic carbocycles. The summed E-state index contributed by atoms with van der Waals surface area (Å²) in [4.78, 5) is 11.9. The van der Waals surface area contributed by atoms with Crippen molar-refractivity contribution < 1.29 is 9.90 Å². The van der Waals surface area contributed by atoms with Crippen molar-refractivity contribution in [3.05, 3.63) is 29.8 Å². The van der Waals surface area contributed by atoms with Crippen LogP contribution in [-0.2, 0) is 11.2 Å². The molecule has 2 bridgehead atoms. The summed E-state index contributed by atoms with van der Waals surface area (Å²) in [7, 11) is 0. The van der Waals surface area contributed by atoms with E-state index in [0.717, 1.165) is 12.0 Å². The van der Waals surface area contributed by atoms with Crippen molar-refractivity contribution in [1.29, 1.82) is 0 Å². The van der Waals surface area contributed by atoms with Crippen molar-refractivity contribution in [3.8, 4) is 5.75 Å². The number of hydrogen-bond donors (Lipinski definition) is 3. The lowest BCUT2D eigenvalue weighted by atomic mass is 9.95. The maximum absolute atomic E-state index is 11.9. The van der Waals surface area contributed by atoms with Crippen LogP contribution in [-0.4, -0.2) is 29.1 Å². The van der Waals surface area contributed by atoms with Gasteiger partial charge in [-0.05, 0) is 43.4 Å². The summed E-state index contributed by atoms with van der Waals surface area (Å²) in [5, 5.41) is 16.0. The van der Waals surface area contributed by atoms with Gasteiger partial charge >= 0.3 is 0 Å². The highest BCUT2D eigenvalue weighted by molar-refractivity contribution is 5.85. The molecule has 0 spiro atoms. The molecule has 20 heavy (non-hydrogen) atoms. The molecule has 0 aromatic heterocycles. The molecule has 5 heteroatoms. The van der Waals surface area contributed by atoms with Gasteiger partial charge in [0.1, 0.15) is 5.75 Å². The zero-order valence-electron chi connectivity index (χ0n) is 11.3. The smallest absolute Gasteiger partial charge is 0.220 e. The fraction of sp³-hybridized carbons (Fsp3) is 0.533. The third kappa shape index (κ3) is 3.44. The molecule has 2 heterocycles. The van der Waals surface area contributed by atoms with Gasteiger partial charge in [0.2, 0.25) is 5.91 Å². The van der Waals surface area contributed by atoms with E-state index in [9.17, 15) is 9.90 Å². The number of rotatable bonds is 4. The van der Waals surface area contributed by atoms with E-state index in [0.29, 0.717) is 31.0 Å². The summed E-state index contributed by atoms with van der Waals surface area (Å²) in [6.45, 7) is 0. The lowest BCUT2D eigenvalue weighted by molar-refractivity contribution is -0.121. The summed E-state index contributed by atoms with van der Waals surface area (Å²) in [5.74, 6) is 0.373. The van der Waals surface area contributed by atoms with Gasteiger partial charge in [0.05, 0.1) is 0 Å². The monoisotopic (exact) mass is 296 g/mol. The van der Waals surface area contributed by atoms with Crippen LogP contribution in [0.15, 0.2) is 24.3 Å². The quantitative estimate of drug-likeness (QED) is 0.793. The number of carbonyl (C=O) groups is 1. The molecule has 0 radical (unpaired) electrons. The van der Waals surface area contributed by atoms with Gasteiger partial charge in [0.15, 0.2) is 0 Å². The van der Waals surface area contributed by atoms with Crippen LogP contribution in [0.5, 0.6) is 5.75 Å². The summed E-state index contributed by atoms with van der Waals surface area (Å²) < 4.78 is 0. The predicted molar refractivity (Wildman–Crippen MR) is 80.2 cm³/mol. The minimum atomic E-state index is 0. The fourth-order valence-corrected chi connectivity index (χ4v) is 3.23. The summed E-state index contributed by atoms with van der Waals surface area (Å²) in [5.41, 5.74) is 1.00. The molecule has 4 nitrogen and oxygen atoms in total. The zero-order valence-corrected chi connectivity index (χ0v) is 12.2. The van der Waals surface area contributed by atoms with Crippen molar-refractivity contribution in [2.75, 3.05) is 0 Å². The first-order chi connectivity index (χ1) is 9.20. The van der Waals surface area contributed by atoms with Crippen LogP contribution in [0.2, 0.25) is 0 Å². The highest BCUT2D eigenvalue weighted by Gasteiger charge is 2.39. The highest BCUT2D eigenvalue weighted by Crippen LogP contribution is 2.28. The number of phenolic OH excluding ortho intramolecular Hbond substituents is 1. The molecule has 2 fully saturated rings. The Balaban J connectivity index is 0.00000147. The van der Waals surface area contributed by atoms with Crippen LogP contribution in [0.3, 0.4) is 0 Å². The second kappa shape index (κ2) is 6.46. The largest absolute Gasteiger partial charge is 0.508 e. The Morgan fingerprint density at radius 2 is 2.25 bits per heavy atom. The first kappa shape index (κ1) is 15.1. The number of aromatic hydroxyl groups is 1. The van der Waals surface area contributed by atoms with Gasteiger partial charge in [0.25, 0.3) is 0 Å². The number of hydrogen-bond acceptors (Lipinski definition) is 3. The molecule has 1 amide bonds. The molecule has 3 atom stereocenters. The van der Waals surface area contributed by atoms with Gasteiger partial charge < -0.3 is 15.7 Å². The first-order valence-corrected chi connectivity index (χ1v) is 7.04. The molecular weight excluding hydrogens is 276 g/mol. The van der Waals surface area contributed by atoms with Crippen molar-refractivity contribution in [3.63, 3.8) is 0 Å². The maximum Gasteiger partial charge on any atom is 0.220 e. The van der Waals surface area contributed by atoms with Gasteiger partial charge in [-0.15, -0.1) is 12.4 Å². The summed E-state index contributed by atoms with van der Waals surface area (Å²) >= 11 is 0. The molecule has 0 saturated carbocycles. The average Bonchev–Trinajstić information content (AvgIpc) is 2.99. The molecule has 2 aliphatic heterocycles. The van der Waals surface area contributed by atoms with Crippen molar-refractivity contribution in [1.82, 2.24) is 10.6 Å². The Morgan fingerprint density at radius 1 is 1.40 bits per heavy atom. The predicted octanol–water partition coefficient (Wildman–Crippen LogP) is 1.76. The van der Waals surface area contributed by atoms with Gasteiger partial charge in [0, 0.05) is 24.5 Å². The van der Waals surface area contributed by atoms with E-state index in [1.54, 1.807) is 12.1 Å². The van der Waals surface area contributed by atoms with Crippen LogP contribution >= 0.6 is 12.4 Å². The summed E-state index contributed by atoms with van der Waals surface area (Å²) in [6.07, 6.45) is 4.66. The Morgan fingerprint density at radius 3 is 2.90 bits per heavy atom. The molecule has 3 rings (SSSR count). The topological polar surface area (TPSA) is 61.4 Å². The molecule has 0 aliphatic carbocycles. The van der Waals surface area contributed by atoms with E-state index in [2.05, 4.69) is 10.6 Å². The SMILES string of the molecule is Cl.O=C(CCc1cccc(O)c1)N[C@H]1C[C@H]2CC[C@@H]1N2. The van der Waals surface area contributed by atoms with E-state index in [-0.39, 0.29) is 24.1 Å². The molecule has 2 saturated heterocycles. The Bertz CT molecular complexity index is 481. The number of halogens is 1.